The summed E-state index contributed by atoms with van der Waals surface area (Å²) in [4.78, 5) is 9.52. The van der Waals surface area contributed by atoms with Gasteiger partial charge in [0.2, 0.25) is 0 Å². The number of rotatable bonds is 7. The fraction of sp³-hybridized carbons (Fsp3) is 0.722. The summed E-state index contributed by atoms with van der Waals surface area (Å²) in [5, 5.41) is 3.41. The van der Waals surface area contributed by atoms with E-state index in [0.29, 0.717) is 5.92 Å². The lowest BCUT2D eigenvalue weighted by Gasteiger charge is -2.29. The van der Waals surface area contributed by atoms with Gasteiger partial charge in [0.15, 0.2) is 5.96 Å². The van der Waals surface area contributed by atoms with Crippen molar-refractivity contribution in [3.8, 4) is 0 Å². The predicted octanol–water partition coefficient (Wildman–Crippen LogP) is 2.01. The molecule has 1 atom stereocenters. The van der Waals surface area contributed by atoms with Crippen LogP contribution in [0.4, 0.5) is 0 Å². The Bertz CT molecular complexity index is 513. The van der Waals surface area contributed by atoms with E-state index in [2.05, 4.69) is 66.0 Å². The van der Waals surface area contributed by atoms with Crippen molar-refractivity contribution < 1.29 is 4.74 Å². The number of aliphatic imine (C=N–C) groups is 1. The van der Waals surface area contributed by atoms with E-state index in [0.717, 1.165) is 58.4 Å². The molecule has 0 bridgehead atoms. The Morgan fingerprint density at radius 3 is 2.72 bits per heavy atom. The Morgan fingerprint density at radius 2 is 2.12 bits per heavy atom. The first-order chi connectivity index (χ1) is 11.6. The van der Waals surface area contributed by atoms with Crippen LogP contribution in [0.25, 0.3) is 0 Å². The normalized spacial score (nSPS) is 17.0. The highest BCUT2D eigenvalue weighted by Gasteiger charge is 2.14. The molecule has 2 rings (SSSR count). The van der Waals surface area contributed by atoms with Gasteiger partial charge < -0.3 is 19.5 Å². The van der Waals surface area contributed by atoms with E-state index in [1.807, 2.05) is 0 Å². The molecule has 144 valence electrons. The van der Waals surface area contributed by atoms with Gasteiger partial charge in [-0.2, -0.15) is 0 Å². The van der Waals surface area contributed by atoms with E-state index in [1.54, 1.807) is 0 Å². The molecule has 0 aromatic carbocycles. The van der Waals surface area contributed by atoms with Gasteiger partial charge >= 0.3 is 0 Å². The third-order valence-corrected chi connectivity index (χ3v) is 4.37. The van der Waals surface area contributed by atoms with Crippen molar-refractivity contribution in [1.29, 1.82) is 0 Å². The number of morpholine rings is 1. The minimum atomic E-state index is 0. The molecule has 0 saturated carbocycles. The van der Waals surface area contributed by atoms with E-state index in [-0.39, 0.29) is 24.0 Å². The molecule has 0 spiro atoms. The van der Waals surface area contributed by atoms with Gasteiger partial charge in [0, 0.05) is 58.7 Å². The zero-order chi connectivity index (χ0) is 17.4. The number of nitrogens with zero attached hydrogens (tertiary/aromatic N) is 4. The Labute approximate surface area is 169 Å². The van der Waals surface area contributed by atoms with Gasteiger partial charge in [-0.1, -0.05) is 6.92 Å². The van der Waals surface area contributed by atoms with E-state index >= 15 is 0 Å². The average Bonchev–Trinajstić information content (AvgIpc) is 2.97. The SMILES string of the molecule is CCNC(=NCC(C)CN1CCOCC1)N(C)Cc1cccn1C.I. The molecule has 0 aliphatic carbocycles. The van der Waals surface area contributed by atoms with Crippen molar-refractivity contribution in [3.63, 3.8) is 0 Å². The molecule has 25 heavy (non-hydrogen) atoms. The molecule has 6 nitrogen and oxygen atoms in total. The number of guanidine groups is 1. The van der Waals surface area contributed by atoms with E-state index in [9.17, 15) is 0 Å². The number of aromatic nitrogens is 1. The molecule has 1 saturated heterocycles. The summed E-state index contributed by atoms with van der Waals surface area (Å²) in [6, 6.07) is 4.23. The van der Waals surface area contributed by atoms with Crippen LogP contribution >= 0.6 is 24.0 Å². The molecular weight excluding hydrogens is 429 g/mol. The molecule has 2 heterocycles. The molecule has 1 aliphatic rings. The molecule has 1 N–H and O–H groups in total. The molecular formula is C18H34IN5O. The van der Waals surface area contributed by atoms with Gasteiger partial charge in [0.25, 0.3) is 0 Å². The molecule has 0 amide bonds. The number of aryl methyl sites for hydroxylation is 1. The zero-order valence-electron chi connectivity index (χ0n) is 16.1. The third-order valence-electron chi connectivity index (χ3n) is 4.37. The van der Waals surface area contributed by atoms with Crippen LogP contribution in [0.15, 0.2) is 23.3 Å². The van der Waals surface area contributed by atoms with E-state index in [1.165, 1.54) is 5.69 Å². The summed E-state index contributed by atoms with van der Waals surface area (Å²) >= 11 is 0. The smallest absolute Gasteiger partial charge is 0.194 e. The van der Waals surface area contributed by atoms with E-state index in [4.69, 9.17) is 9.73 Å². The van der Waals surface area contributed by atoms with Crippen LogP contribution in [-0.4, -0.2) is 73.3 Å². The van der Waals surface area contributed by atoms with Crippen LogP contribution in [0.2, 0.25) is 0 Å². The van der Waals surface area contributed by atoms with Crippen molar-refractivity contribution in [2.24, 2.45) is 18.0 Å². The summed E-state index contributed by atoms with van der Waals surface area (Å²) in [5.74, 6) is 1.52. The average molecular weight is 463 g/mol. The highest BCUT2D eigenvalue weighted by molar-refractivity contribution is 14.0. The summed E-state index contributed by atoms with van der Waals surface area (Å²) < 4.78 is 7.57. The Hall–Kier alpha value is -0.800. The first kappa shape index (κ1) is 22.2. The maximum absolute atomic E-state index is 5.41. The van der Waals surface area contributed by atoms with Crippen molar-refractivity contribution in [2.45, 2.75) is 20.4 Å². The van der Waals surface area contributed by atoms with Gasteiger partial charge in [-0.15, -0.1) is 24.0 Å². The Kier molecular flexibility index (Phi) is 10.4. The van der Waals surface area contributed by atoms with Crippen molar-refractivity contribution >= 4 is 29.9 Å². The highest BCUT2D eigenvalue weighted by Crippen LogP contribution is 2.06. The summed E-state index contributed by atoms with van der Waals surface area (Å²) in [5.41, 5.74) is 1.28. The van der Waals surface area contributed by atoms with Crippen LogP contribution < -0.4 is 5.32 Å². The second-order valence-electron chi connectivity index (χ2n) is 6.68. The topological polar surface area (TPSA) is 45.0 Å². The fourth-order valence-corrected chi connectivity index (χ4v) is 2.97. The van der Waals surface area contributed by atoms with Crippen LogP contribution in [0.5, 0.6) is 0 Å². The summed E-state index contributed by atoms with van der Waals surface area (Å²) in [7, 11) is 4.18. The van der Waals surface area contributed by atoms with Gasteiger partial charge in [-0.05, 0) is 25.0 Å². The summed E-state index contributed by atoms with van der Waals surface area (Å²) in [6.45, 7) is 11.9. The predicted molar refractivity (Wildman–Crippen MR) is 115 cm³/mol. The van der Waals surface area contributed by atoms with Crippen LogP contribution in [-0.2, 0) is 18.3 Å². The van der Waals surface area contributed by atoms with Crippen molar-refractivity contribution in [1.82, 2.24) is 19.7 Å². The molecule has 1 fully saturated rings. The fourth-order valence-electron chi connectivity index (χ4n) is 2.97. The van der Waals surface area contributed by atoms with Gasteiger partial charge in [0.1, 0.15) is 0 Å². The highest BCUT2D eigenvalue weighted by atomic mass is 127. The van der Waals surface area contributed by atoms with E-state index < -0.39 is 0 Å². The minimum Gasteiger partial charge on any atom is -0.379 e. The zero-order valence-corrected chi connectivity index (χ0v) is 18.4. The lowest BCUT2D eigenvalue weighted by atomic mass is 10.1. The molecule has 7 heteroatoms. The first-order valence-electron chi connectivity index (χ1n) is 9.00. The molecule has 1 unspecified atom stereocenters. The monoisotopic (exact) mass is 463 g/mol. The van der Waals surface area contributed by atoms with Gasteiger partial charge in [-0.25, -0.2) is 0 Å². The maximum Gasteiger partial charge on any atom is 0.194 e. The van der Waals surface area contributed by atoms with Crippen molar-refractivity contribution in [2.75, 3.05) is 53.0 Å². The molecule has 1 aliphatic heterocycles. The largest absolute Gasteiger partial charge is 0.379 e. The van der Waals surface area contributed by atoms with Crippen LogP contribution in [0, 0.1) is 5.92 Å². The Morgan fingerprint density at radius 1 is 1.40 bits per heavy atom. The van der Waals surface area contributed by atoms with Gasteiger partial charge in [-0.3, -0.25) is 9.89 Å². The maximum atomic E-state index is 5.41. The Balaban J connectivity index is 0.00000312. The standard InChI is InChI=1S/C18H33N5O.HI/c1-5-19-18(22(4)15-17-7-6-8-21(17)3)20-13-16(2)14-23-9-11-24-12-10-23;/h6-8,16H,5,9-15H2,1-4H3,(H,19,20);1H. The quantitative estimate of drug-likeness (QED) is 0.382. The lowest BCUT2D eigenvalue weighted by molar-refractivity contribution is 0.0323. The second kappa shape index (κ2) is 11.7. The second-order valence-corrected chi connectivity index (χ2v) is 6.68. The number of halogens is 1. The van der Waals surface area contributed by atoms with Crippen LogP contribution in [0.1, 0.15) is 19.5 Å². The summed E-state index contributed by atoms with van der Waals surface area (Å²) in [6.07, 6.45) is 2.08. The molecule has 1 aromatic heterocycles. The minimum absolute atomic E-state index is 0. The number of nitrogens with one attached hydrogen (secondary N) is 1. The third kappa shape index (κ3) is 7.53. The number of ether oxygens (including phenoxy) is 1. The number of hydrogen-bond acceptors (Lipinski definition) is 3. The molecule has 1 aromatic rings. The van der Waals surface area contributed by atoms with Gasteiger partial charge in [0.05, 0.1) is 19.8 Å². The molecule has 0 radical (unpaired) electrons. The van der Waals surface area contributed by atoms with Crippen LogP contribution in [0.3, 0.4) is 0 Å². The lowest BCUT2D eigenvalue weighted by Crippen LogP contribution is -2.41. The van der Waals surface area contributed by atoms with Crippen molar-refractivity contribution in [3.05, 3.63) is 24.0 Å². The number of hydrogen-bond donors (Lipinski definition) is 1. The first-order valence-corrected chi connectivity index (χ1v) is 9.00.